The zero-order valence-electron chi connectivity index (χ0n) is 18.8. The fourth-order valence-electron chi connectivity index (χ4n) is 9.19. The minimum Gasteiger partial charge on any atom is -0.429 e. The summed E-state index contributed by atoms with van der Waals surface area (Å²) in [5.41, 5.74) is 1.58. The maximum atomic E-state index is 11.7. The molecule has 0 amide bonds. The third-order valence-corrected chi connectivity index (χ3v) is 10.3. The molecule has 4 nitrogen and oxygen atoms in total. The van der Waals surface area contributed by atoms with Crippen LogP contribution in [0.25, 0.3) is 0 Å². The van der Waals surface area contributed by atoms with Crippen LogP contribution in [0.15, 0.2) is 11.6 Å². The van der Waals surface area contributed by atoms with E-state index in [4.69, 9.17) is 9.47 Å². The molecule has 0 radical (unpaired) electrons. The van der Waals surface area contributed by atoms with E-state index in [9.17, 15) is 9.90 Å². The zero-order chi connectivity index (χ0) is 20.8. The van der Waals surface area contributed by atoms with Crippen LogP contribution >= 0.6 is 0 Å². The van der Waals surface area contributed by atoms with Gasteiger partial charge in [0.2, 0.25) is 6.29 Å². The molecule has 0 aromatic heterocycles. The van der Waals surface area contributed by atoms with E-state index in [1.54, 1.807) is 0 Å². The van der Waals surface area contributed by atoms with Gasteiger partial charge in [0.25, 0.3) is 0 Å². The third kappa shape index (κ3) is 2.67. The molecule has 4 fully saturated rings. The first-order valence-corrected chi connectivity index (χ1v) is 11.8. The molecule has 2 unspecified atom stereocenters. The summed E-state index contributed by atoms with van der Waals surface area (Å²) in [4.78, 5) is 11.7. The third-order valence-electron chi connectivity index (χ3n) is 10.3. The lowest BCUT2D eigenvalue weighted by Crippen LogP contribution is -2.61. The number of hydrogen-bond acceptors (Lipinski definition) is 4. The molecule has 8 atom stereocenters. The number of ether oxygens (including phenoxy) is 2. The highest BCUT2D eigenvalue weighted by molar-refractivity contribution is 5.85. The predicted molar refractivity (Wildman–Crippen MR) is 111 cm³/mol. The van der Waals surface area contributed by atoms with Crippen LogP contribution in [0, 0.1) is 34.0 Å². The van der Waals surface area contributed by atoms with Gasteiger partial charge in [-0.25, -0.2) is 4.79 Å². The van der Waals surface area contributed by atoms with Gasteiger partial charge in [-0.3, -0.25) is 0 Å². The molecular weight excluding hydrogens is 364 g/mol. The van der Waals surface area contributed by atoms with Gasteiger partial charge < -0.3 is 14.6 Å². The molecule has 4 heteroatoms. The summed E-state index contributed by atoms with van der Waals surface area (Å²) >= 11 is 0. The molecule has 0 spiro atoms. The van der Waals surface area contributed by atoms with Crippen molar-refractivity contribution in [3.8, 4) is 0 Å². The van der Waals surface area contributed by atoms with E-state index >= 15 is 0 Å². The largest absolute Gasteiger partial charge is 0.429 e. The first kappa shape index (κ1) is 20.1. The van der Waals surface area contributed by atoms with Crippen LogP contribution in [-0.4, -0.2) is 29.1 Å². The monoisotopic (exact) mass is 402 g/mol. The number of carbonyl (C=O) groups is 1. The molecule has 5 aliphatic rings. The van der Waals surface area contributed by atoms with E-state index in [-0.39, 0.29) is 17.1 Å². The Kier molecular flexibility index (Phi) is 4.22. The highest BCUT2D eigenvalue weighted by atomic mass is 16.6. The Balaban J connectivity index is 1.48. The van der Waals surface area contributed by atoms with Crippen molar-refractivity contribution in [2.24, 2.45) is 34.0 Å². The Morgan fingerprint density at radius 3 is 2.31 bits per heavy atom. The summed E-state index contributed by atoms with van der Waals surface area (Å²) in [5.74, 6) is 1.56. The van der Waals surface area contributed by atoms with Crippen molar-refractivity contribution in [3.05, 3.63) is 11.6 Å². The van der Waals surface area contributed by atoms with Gasteiger partial charge >= 0.3 is 5.97 Å². The number of aliphatic hydroxyl groups excluding tert-OH is 1. The van der Waals surface area contributed by atoms with Crippen LogP contribution in [-0.2, 0) is 14.3 Å². The van der Waals surface area contributed by atoms with Gasteiger partial charge in [-0.2, -0.15) is 0 Å². The molecule has 2 heterocycles. The summed E-state index contributed by atoms with van der Waals surface area (Å²) in [5, 5.41) is 10.2. The van der Waals surface area contributed by atoms with Gasteiger partial charge in [0.05, 0.1) is 11.7 Å². The first-order chi connectivity index (χ1) is 13.5. The average molecular weight is 403 g/mol. The Hall–Kier alpha value is -0.870. The Morgan fingerprint density at radius 1 is 0.931 bits per heavy atom. The van der Waals surface area contributed by atoms with Crippen LogP contribution in [0.3, 0.4) is 0 Å². The van der Waals surface area contributed by atoms with Crippen molar-refractivity contribution in [2.75, 3.05) is 0 Å². The number of hydrogen-bond donors (Lipinski definition) is 1. The van der Waals surface area contributed by atoms with Crippen LogP contribution in [0.4, 0.5) is 0 Å². The van der Waals surface area contributed by atoms with E-state index in [1.807, 2.05) is 0 Å². The van der Waals surface area contributed by atoms with Crippen LogP contribution in [0.2, 0.25) is 0 Å². The van der Waals surface area contributed by atoms with E-state index in [0.29, 0.717) is 22.3 Å². The van der Waals surface area contributed by atoms with Crippen molar-refractivity contribution in [1.82, 2.24) is 0 Å². The van der Waals surface area contributed by atoms with E-state index in [0.717, 1.165) is 24.7 Å². The van der Waals surface area contributed by atoms with Gasteiger partial charge in [0, 0.05) is 11.6 Å². The summed E-state index contributed by atoms with van der Waals surface area (Å²) in [7, 11) is 0. The van der Waals surface area contributed by atoms with E-state index < -0.39 is 12.3 Å². The van der Waals surface area contributed by atoms with Gasteiger partial charge in [-0.15, -0.1) is 0 Å². The van der Waals surface area contributed by atoms with Gasteiger partial charge in [0.1, 0.15) is 0 Å². The lowest BCUT2D eigenvalue weighted by molar-refractivity contribution is -0.199. The molecule has 1 saturated heterocycles. The second-order valence-corrected chi connectivity index (χ2v) is 12.2. The number of esters is 1. The highest BCUT2D eigenvalue weighted by Gasteiger charge is 2.66. The Labute approximate surface area is 175 Å². The Morgan fingerprint density at radius 2 is 1.62 bits per heavy atom. The maximum Gasteiger partial charge on any atom is 0.333 e. The minimum atomic E-state index is -1.13. The molecule has 0 aromatic carbocycles. The second kappa shape index (κ2) is 6.09. The molecule has 162 valence electrons. The highest BCUT2D eigenvalue weighted by Crippen LogP contribution is 2.71. The minimum absolute atomic E-state index is 0.171. The summed E-state index contributed by atoms with van der Waals surface area (Å²) in [6, 6.07) is 0. The standard InChI is InChI=1S/C25H38O4/c1-22(2)9-6-10-23(3)17(22)7-11-24(4)18(23)8-12-25(5)19(24)14-16(29-25)15-13-20(26)28-21(15)27/h13,16-19,21,27H,6-12,14H2,1-5H3/t16-,17?,18-,19+,21?,23+,24-,25+/m1/s1. The fourth-order valence-corrected chi connectivity index (χ4v) is 9.19. The molecular formula is C25H38O4. The number of fused-ring (bicyclic) bond motifs is 5. The lowest BCUT2D eigenvalue weighted by atomic mass is 9.38. The topological polar surface area (TPSA) is 55.8 Å². The fraction of sp³-hybridized carbons (Fsp3) is 0.880. The van der Waals surface area contributed by atoms with Crippen LogP contribution in [0.1, 0.15) is 86.0 Å². The normalized spacial score (nSPS) is 53.5. The molecule has 3 aliphatic carbocycles. The second-order valence-electron chi connectivity index (χ2n) is 12.2. The van der Waals surface area contributed by atoms with Crippen LogP contribution < -0.4 is 0 Å². The number of carbonyl (C=O) groups excluding carboxylic acids is 1. The number of cyclic esters (lactones) is 1. The van der Waals surface area contributed by atoms with Crippen molar-refractivity contribution in [3.63, 3.8) is 0 Å². The molecule has 0 bridgehead atoms. The quantitative estimate of drug-likeness (QED) is 0.628. The molecule has 29 heavy (non-hydrogen) atoms. The smallest absolute Gasteiger partial charge is 0.333 e. The van der Waals surface area contributed by atoms with E-state index in [1.165, 1.54) is 44.6 Å². The molecule has 2 aliphatic heterocycles. The summed E-state index contributed by atoms with van der Waals surface area (Å²) < 4.78 is 11.6. The van der Waals surface area contributed by atoms with Crippen molar-refractivity contribution in [1.29, 1.82) is 0 Å². The SMILES string of the molecule is CC1(C)CCC[C@@]2(C)C1CC[C@]1(C)[C@@H]2CC[C@]2(C)O[C@@H](C3=CC(=O)OC3O)C[C@@H]12. The summed E-state index contributed by atoms with van der Waals surface area (Å²) in [6.07, 6.45) is 10.0. The molecule has 0 aromatic rings. The molecule has 1 N–H and O–H groups in total. The van der Waals surface area contributed by atoms with Crippen molar-refractivity contribution < 1.29 is 19.4 Å². The van der Waals surface area contributed by atoms with Gasteiger partial charge in [-0.1, -0.05) is 34.1 Å². The number of rotatable bonds is 1. The van der Waals surface area contributed by atoms with Crippen molar-refractivity contribution in [2.45, 2.75) is 104 Å². The van der Waals surface area contributed by atoms with Gasteiger partial charge in [-0.05, 0) is 85.9 Å². The zero-order valence-corrected chi connectivity index (χ0v) is 18.8. The predicted octanol–water partition coefficient (Wildman–Crippen LogP) is 4.99. The maximum absolute atomic E-state index is 11.7. The number of aliphatic hydroxyl groups is 1. The van der Waals surface area contributed by atoms with Crippen LogP contribution in [0.5, 0.6) is 0 Å². The first-order valence-electron chi connectivity index (χ1n) is 11.8. The molecule has 3 saturated carbocycles. The van der Waals surface area contributed by atoms with Crippen molar-refractivity contribution >= 4 is 5.97 Å². The van der Waals surface area contributed by atoms with E-state index in [2.05, 4.69) is 34.6 Å². The van der Waals surface area contributed by atoms with Gasteiger partial charge in [0.15, 0.2) is 0 Å². The Bertz CT molecular complexity index is 756. The lowest BCUT2D eigenvalue weighted by Gasteiger charge is -2.67. The summed E-state index contributed by atoms with van der Waals surface area (Å²) in [6.45, 7) is 12.4. The molecule has 5 rings (SSSR count). The average Bonchev–Trinajstić information content (AvgIpc) is 3.13.